The molecule has 0 saturated carbocycles. The van der Waals surface area contributed by atoms with Crippen molar-refractivity contribution in [2.75, 3.05) is 0 Å². The number of hydrogen-bond acceptors (Lipinski definition) is 9. The van der Waals surface area contributed by atoms with E-state index >= 15 is 4.39 Å². The lowest BCUT2D eigenvalue weighted by molar-refractivity contribution is 0.582. The van der Waals surface area contributed by atoms with Crippen LogP contribution in [0.1, 0.15) is 44.6 Å². The molecular weight excluding hydrogens is 579 g/mol. The first-order valence-corrected chi connectivity index (χ1v) is 12.3. The van der Waals surface area contributed by atoms with Crippen molar-refractivity contribution < 1.29 is 13.2 Å². The molecule has 0 spiro atoms. The summed E-state index contributed by atoms with van der Waals surface area (Å²) in [7, 11) is 0. The smallest absolute Gasteiger partial charge is 0.208 e. The Balaban J connectivity index is 1.96. The molecule has 0 bridgehead atoms. The number of hydrogen-bond donors (Lipinski definition) is 0. The summed E-state index contributed by atoms with van der Waals surface area (Å²) in [6, 6.07) is 19.8. The predicted molar refractivity (Wildman–Crippen MR) is 148 cm³/mol. The minimum absolute atomic E-state index is 0.0101. The zero-order valence-electron chi connectivity index (χ0n) is 22.1. The fourth-order valence-electron chi connectivity index (χ4n) is 5.33. The molecule has 45 heavy (non-hydrogen) atoms. The number of fused-ring (bicyclic) bond motifs is 2. The largest absolute Gasteiger partial charge is 0.214 e. The Hall–Kier alpha value is -7.74. The number of aromatic nitrogens is 1. The van der Waals surface area contributed by atoms with Crippen LogP contribution in [0.2, 0.25) is 0 Å². The standard InChI is InChI=1S/C33H6F3N9/c34-26-6-23(27(35)3-15(26)7-37)33-25(13-43)20-5-21-19(4-22(20)31(33)17(10-40)11-41)24(12-42)32(30(21)16(8-38)9-39)18-1-2-29(36)45-28(18)14-44/h1-6H. The van der Waals surface area contributed by atoms with Gasteiger partial charge in [0, 0.05) is 44.5 Å². The van der Waals surface area contributed by atoms with Crippen molar-refractivity contribution in [3.8, 4) is 48.6 Å². The first-order valence-electron chi connectivity index (χ1n) is 12.3. The maximum Gasteiger partial charge on any atom is 0.214 e. The summed E-state index contributed by atoms with van der Waals surface area (Å²) in [5.41, 5.74) is -4.14. The van der Waals surface area contributed by atoms with Crippen LogP contribution in [-0.4, -0.2) is 4.98 Å². The van der Waals surface area contributed by atoms with Gasteiger partial charge in [-0.15, -0.1) is 0 Å². The Kier molecular flexibility index (Phi) is 6.98. The zero-order valence-corrected chi connectivity index (χ0v) is 22.1. The van der Waals surface area contributed by atoms with E-state index in [1.165, 1.54) is 18.2 Å². The molecule has 2 aliphatic carbocycles. The third-order valence-electron chi connectivity index (χ3n) is 7.09. The van der Waals surface area contributed by atoms with Gasteiger partial charge in [0.2, 0.25) is 5.95 Å². The molecule has 204 valence electrons. The highest BCUT2D eigenvalue weighted by Gasteiger charge is 2.38. The molecule has 0 fully saturated rings. The van der Waals surface area contributed by atoms with Crippen molar-refractivity contribution in [2.24, 2.45) is 0 Å². The van der Waals surface area contributed by atoms with E-state index in [1.807, 2.05) is 12.1 Å². The molecule has 2 aromatic carbocycles. The van der Waals surface area contributed by atoms with Gasteiger partial charge in [-0.05, 0) is 47.5 Å². The van der Waals surface area contributed by atoms with Crippen LogP contribution in [0.15, 0.2) is 47.5 Å². The first kappa shape index (κ1) is 28.8. The summed E-state index contributed by atoms with van der Waals surface area (Å²) in [6.45, 7) is 0. The van der Waals surface area contributed by atoms with Crippen LogP contribution in [-0.2, 0) is 0 Å². The summed E-state index contributed by atoms with van der Waals surface area (Å²) >= 11 is 0. The van der Waals surface area contributed by atoms with E-state index in [2.05, 4.69) is 4.98 Å². The summed E-state index contributed by atoms with van der Waals surface area (Å²) in [4.78, 5) is 3.55. The minimum Gasteiger partial charge on any atom is -0.208 e. The second kappa shape index (κ2) is 10.9. The zero-order chi connectivity index (χ0) is 32.6. The number of halogens is 3. The molecule has 9 nitrogen and oxygen atoms in total. The Morgan fingerprint density at radius 1 is 0.511 bits per heavy atom. The number of pyridine rings is 1. The number of rotatable bonds is 2. The van der Waals surface area contributed by atoms with E-state index in [9.17, 15) is 45.6 Å². The van der Waals surface area contributed by atoms with Crippen LogP contribution < -0.4 is 0 Å². The molecule has 5 rings (SSSR count). The third kappa shape index (κ3) is 4.15. The highest BCUT2D eigenvalue weighted by atomic mass is 19.1. The monoisotopic (exact) mass is 585 g/mol. The molecule has 0 atom stereocenters. The van der Waals surface area contributed by atoms with E-state index in [1.54, 1.807) is 30.3 Å². The Morgan fingerprint density at radius 3 is 1.47 bits per heavy atom. The maximum absolute atomic E-state index is 15.4. The summed E-state index contributed by atoms with van der Waals surface area (Å²) in [5, 5.41) is 78.7. The molecule has 0 unspecified atom stereocenters. The number of nitrogens with zero attached hydrogens (tertiary/aromatic N) is 9. The average molecular weight is 585 g/mol. The molecular formula is C33H6F3N9. The Bertz CT molecular complexity index is 2410. The van der Waals surface area contributed by atoms with Gasteiger partial charge in [0.1, 0.15) is 71.3 Å². The van der Waals surface area contributed by atoms with Crippen molar-refractivity contribution in [1.82, 2.24) is 4.98 Å². The van der Waals surface area contributed by atoms with Crippen LogP contribution in [0, 0.1) is 108 Å². The van der Waals surface area contributed by atoms with Gasteiger partial charge in [-0.3, -0.25) is 0 Å². The molecule has 12 heteroatoms. The quantitative estimate of drug-likeness (QED) is 0.265. The van der Waals surface area contributed by atoms with E-state index in [0.717, 1.165) is 12.1 Å². The first-order chi connectivity index (χ1) is 21.7. The normalized spacial score (nSPS) is 12.3. The van der Waals surface area contributed by atoms with Gasteiger partial charge in [0.05, 0.1) is 16.7 Å². The molecule has 3 aromatic rings. The fraction of sp³-hybridized carbons (Fsp3) is 0. The molecule has 0 amide bonds. The van der Waals surface area contributed by atoms with Crippen molar-refractivity contribution in [1.29, 1.82) is 42.1 Å². The molecule has 1 heterocycles. The lowest BCUT2D eigenvalue weighted by Gasteiger charge is -2.11. The summed E-state index contributed by atoms with van der Waals surface area (Å²) in [5.74, 6) is -3.27. The van der Waals surface area contributed by atoms with Gasteiger partial charge in [-0.25, -0.2) is 13.8 Å². The summed E-state index contributed by atoms with van der Waals surface area (Å²) < 4.78 is 44.0. The van der Waals surface area contributed by atoms with Crippen LogP contribution in [0.25, 0.3) is 33.4 Å². The van der Waals surface area contributed by atoms with Gasteiger partial charge in [-0.1, -0.05) is 0 Å². The molecule has 0 aliphatic heterocycles. The molecule has 0 saturated heterocycles. The van der Waals surface area contributed by atoms with Gasteiger partial charge >= 0.3 is 0 Å². The van der Waals surface area contributed by atoms with Crippen molar-refractivity contribution in [3.05, 3.63) is 110 Å². The van der Waals surface area contributed by atoms with E-state index < -0.39 is 45.5 Å². The van der Waals surface area contributed by atoms with Crippen molar-refractivity contribution in [3.63, 3.8) is 0 Å². The highest BCUT2D eigenvalue weighted by Crippen LogP contribution is 2.54. The molecule has 1 aromatic heterocycles. The third-order valence-corrected chi connectivity index (χ3v) is 7.09. The number of nitriles is 8. The second-order valence-electron chi connectivity index (χ2n) is 9.18. The van der Waals surface area contributed by atoms with Gasteiger partial charge in [0.25, 0.3) is 0 Å². The van der Waals surface area contributed by atoms with Crippen LogP contribution in [0.3, 0.4) is 0 Å². The minimum atomic E-state index is -1.13. The van der Waals surface area contributed by atoms with E-state index in [0.29, 0.717) is 12.1 Å². The van der Waals surface area contributed by atoms with Crippen molar-refractivity contribution in [2.45, 2.75) is 0 Å². The Morgan fingerprint density at radius 2 is 1.02 bits per heavy atom. The highest BCUT2D eigenvalue weighted by molar-refractivity contribution is 6.30. The maximum atomic E-state index is 15.4. The lowest BCUT2D eigenvalue weighted by Crippen LogP contribution is -1.98. The van der Waals surface area contributed by atoms with E-state index in [4.69, 9.17) is 5.26 Å². The van der Waals surface area contributed by atoms with Gasteiger partial charge in [0.15, 0.2) is 5.69 Å². The fourth-order valence-corrected chi connectivity index (χ4v) is 5.33. The van der Waals surface area contributed by atoms with Gasteiger partial charge < -0.3 is 0 Å². The van der Waals surface area contributed by atoms with Gasteiger partial charge in [-0.2, -0.15) is 46.5 Å². The van der Waals surface area contributed by atoms with Crippen LogP contribution in [0.4, 0.5) is 13.2 Å². The van der Waals surface area contributed by atoms with Crippen molar-refractivity contribution >= 4 is 33.4 Å². The lowest BCUT2D eigenvalue weighted by atomic mass is 9.89. The average Bonchev–Trinajstić information content (AvgIpc) is 3.53. The number of allylic oxidation sites excluding steroid dienone is 8. The summed E-state index contributed by atoms with van der Waals surface area (Å²) in [6.07, 6.45) is 0. The molecule has 0 radical (unpaired) electrons. The predicted octanol–water partition coefficient (Wildman–Crippen LogP) is 5.74. The second-order valence-corrected chi connectivity index (χ2v) is 9.18. The SMILES string of the molecule is N#CC(C#N)=C1C(c2cc(F)c(C#N)cc2F)=C(C#N)c2cc3c(cc21)C(C#N)=C(c1ccc(F)nc1C#N)C3=C(C#N)C#N. The van der Waals surface area contributed by atoms with E-state index in [-0.39, 0.29) is 61.3 Å². The number of benzene rings is 2. The molecule has 2 aliphatic rings. The topological polar surface area (TPSA) is 203 Å². The van der Waals surface area contributed by atoms with Crippen LogP contribution in [0.5, 0.6) is 0 Å². The Labute approximate surface area is 251 Å². The molecule has 0 N–H and O–H groups in total. The van der Waals surface area contributed by atoms with Crippen LogP contribution >= 0.6 is 0 Å².